The molecule has 0 bridgehead atoms. The second-order valence-electron chi connectivity index (χ2n) is 11.2. The molecule has 3 aliphatic heterocycles. The standard InChI is InChI=1S/C29H43N5O2/c1-3-5-9-23(10-6-4-2)32-15-13-24(14-16-32)34-26-12-8-7-11-25(26)31-27(29(34)36)28(35)33-19-21-17-30-18-22(21)20-33/h7-8,11-12,21-24,30H,3-6,9-10,13-20H2,1-2H3. The summed E-state index contributed by atoms with van der Waals surface area (Å²) in [5.74, 6) is 0.800. The van der Waals surface area contributed by atoms with Crippen LogP contribution in [0.4, 0.5) is 0 Å². The van der Waals surface area contributed by atoms with E-state index in [1.807, 2.05) is 33.7 Å². The molecule has 2 aromatic rings. The lowest BCUT2D eigenvalue weighted by Crippen LogP contribution is -2.44. The molecule has 0 saturated carbocycles. The Labute approximate surface area is 215 Å². The van der Waals surface area contributed by atoms with Gasteiger partial charge < -0.3 is 19.7 Å². The molecule has 1 aromatic carbocycles. The van der Waals surface area contributed by atoms with Crippen LogP contribution in [-0.4, -0.2) is 70.6 Å². The fourth-order valence-corrected chi connectivity index (χ4v) is 6.73. The van der Waals surface area contributed by atoms with Crippen LogP contribution in [0.25, 0.3) is 11.0 Å². The zero-order valence-electron chi connectivity index (χ0n) is 22.1. The van der Waals surface area contributed by atoms with Gasteiger partial charge in [-0.05, 0) is 49.7 Å². The second-order valence-corrected chi connectivity index (χ2v) is 11.2. The van der Waals surface area contributed by atoms with Crippen molar-refractivity contribution in [3.8, 4) is 0 Å². The minimum Gasteiger partial charge on any atom is -0.336 e. The van der Waals surface area contributed by atoms with E-state index in [1.165, 1.54) is 38.5 Å². The Morgan fingerprint density at radius 1 is 1.03 bits per heavy atom. The average molecular weight is 494 g/mol. The van der Waals surface area contributed by atoms with Crippen molar-refractivity contribution >= 4 is 16.9 Å². The van der Waals surface area contributed by atoms with E-state index in [-0.39, 0.29) is 23.2 Å². The molecule has 1 N–H and O–H groups in total. The van der Waals surface area contributed by atoms with Gasteiger partial charge in [0.05, 0.1) is 11.0 Å². The van der Waals surface area contributed by atoms with Gasteiger partial charge in [0.2, 0.25) is 0 Å². The van der Waals surface area contributed by atoms with Crippen LogP contribution in [0.2, 0.25) is 0 Å². The van der Waals surface area contributed by atoms with Crippen LogP contribution in [0.3, 0.4) is 0 Å². The summed E-state index contributed by atoms with van der Waals surface area (Å²) in [5.41, 5.74) is 1.50. The van der Waals surface area contributed by atoms with Crippen molar-refractivity contribution in [2.24, 2.45) is 11.8 Å². The van der Waals surface area contributed by atoms with Crippen molar-refractivity contribution in [1.82, 2.24) is 24.7 Å². The summed E-state index contributed by atoms with van der Waals surface area (Å²) in [6.45, 7) is 9.93. The van der Waals surface area contributed by atoms with E-state index in [9.17, 15) is 9.59 Å². The first kappa shape index (κ1) is 25.4. The maximum Gasteiger partial charge on any atom is 0.282 e. The highest BCUT2D eigenvalue weighted by Crippen LogP contribution is 2.30. The Balaban J connectivity index is 1.38. The van der Waals surface area contributed by atoms with Crippen LogP contribution >= 0.6 is 0 Å². The van der Waals surface area contributed by atoms with Gasteiger partial charge in [-0.15, -0.1) is 0 Å². The number of hydrogen-bond acceptors (Lipinski definition) is 5. The lowest BCUT2D eigenvalue weighted by molar-refractivity contribution is 0.0772. The van der Waals surface area contributed by atoms with Gasteiger partial charge >= 0.3 is 0 Å². The molecule has 36 heavy (non-hydrogen) atoms. The Kier molecular flexibility index (Phi) is 8.06. The minimum atomic E-state index is -0.208. The van der Waals surface area contributed by atoms with E-state index in [0.29, 0.717) is 17.9 Å². The molecule has 196 valence electrons. The zero-order chi connectivity index (χ0) is 25.1. The first-order chi connectivity index (χ1) is 17.6. The van der Waals surface area contributed by atoms with Gasteiger partial charge in [0, 0.05) is 51.4 Å². The lowest BCUT2D eigenvalue weighted by atomic mass is 9.97. The highest BCUT2D eigenvalue weighted by molar-refractivity contribution is 5.94. The number of para-hydroxylation sites is 2. The van der Waals surface area contributed by atoms with Crippen molar-refractivity contribution in [3.63, 3.8) is 0 Å². The van der Waals surface area contributed by atoms with Crippen LogP contribution < -0.4 is 10.9 Å². The van der Waals surface area contributed by atoms with Crippen LogP contribution in [0, 0.1) is 11.8 Å². The minimum absolute atomic E-state index is 0.104. The van der Waals surface area contributed by atoms with Crippen LogP contribution in [0.1, 0.15) is 81.7 Å². The molecular formula is C29H43N5O2. The second kappa shape index (κ2) is 11.4. The zero-order valence-corrected chi connectivity index (χ0v) is 22.1. The highest BCUT2D eigenvalue weighted by Gasteiger charge is 2.39. The van der Waals surface area contributed by atoms with Gasteiger partial charge in [0.1, 0.15) is 0 Å². The predicted octanol–water partition coefficient (Wildman–Crippen LogP) is 4.07. The number of unbranched alkanes of at least 4 members (excludes halogenated alkanes) is 2. The fourth-order valence-electron chi connectivity index (χ4n) is 6.73. The molecule has 7 heteroatoms. The Bertz CT molecular complexity index is 1090. The molecule has 0 spiro atoms. The van der Waals surface area contributed by atoms with Gasteiger partial charge in [-0.3, -0.25) is 9.59 Å². The van der Waals surface area contributed by atoms with Gasteiger partial charge in [-0.25, -0.2) is 4.98 Å². The van der Waals surface area contributed by atoms with Gasteiger partial charge in [-0.2, -0.15) is 0 Å². The summed E-state index contributed by atoms with van der Waals surface area (Å²) in [4.78, 5) is 36.6. The SMILES string of the molecule is CCCCC(CCCC)N1CCC(n2c(=O)c(C(=O)N3CC4CNCC4C3)nc3ccccc32)CC1. The molecule has 3 fully saturated rings. The largest absolute Gasteiger partial charge is 0.336 e. The topological polar surface area (TPSA) is 70.5 Å². The highest BCUT2D eigenvalue weighted by atomic mass is 16.2. The molecule has 1 amide bonds. The molecule has 3 saturated heterocycles. The van der Waals surface area contributed by atoms with Crippen molar-refractivity contribution < 1.29 is 4.79 Å². The number of amides is 1. The van der Waals surface area contributed by atoms with Crippen molar-refractivity contribution in [2.45, 2.75) is 77.3 Å². The first-order valence-corrected chi connectivity index (χ1v) is 14.4. The van der Waals surface area contributed by atoms with E-state index in [1.54, 1.807) is 0 Å². The smallest absolute Gasteiger partial charge is 0.282 e. The van der Waals surface area contributed by atoms with Crippen molar-refractivity contribution in [3.05, 3.63) is 40.3 Å². The number of nitrogens with zero attached hydrogens (tertiary/aromatic N) is 4. The molecule has 2 unspecified atom stereocenters. The van der Waals surface area contributed by atoms with Crippen LogP contribution in [-0.2, 0) is 0 Å². The molecule has 5 rings (SSSR count). The van der Waals surface area contributed by atoms with E-state index < -0.39 is 0 Å². The van der Waals surface area contributed by atoms with E-state index in [4.69, 9.17) is 0 Å². The lowest BCUT2D eigenvalue weighted by Gasteiger charge is -2.38. The van der Waals surface area contributed by atoms with E-state index >= 15 is 0 Å². The quantitative estimate of drug-likeness (QED) is 0.570. The van der Waals surface area contributed by atoms with Crippen molar-refractivity contribution in [2.75, 3.05) is 39.3 Å². The van der Waals surface area contributed by atoms with Gasteiger partial charge in [0.25, 0.3) is 11.5 Å². The number of likely N-dealkylation sites (tertiary alicyclic amines) is 2. The summed E-state index contributed by atoms with van der Waals surface area (Å²) in [6, 6.07) is 8.59. The first-order valence-electron chi connectivity index (χ1n) is 14.4. The average Bonchev–Trinajstić information content (AvgIpc) is 3.51. The van der Waals surface area contributed by atoms with Gasteiger partial charge in [0.15, 0.2) is 5.69 Å². The summed E-state index contributed by atoms with van der Waals surface area (Å²) in [6.07, 6.45) is 9.46. The van der Waals surface area contributed by atoms with Crippen molar-refractivity contribution in [1.29, 1.82) is 0 Å². The number of rotatable bonds is 9. The molecule has 1 aromatic heterocycles. The molecule has 4 heterocycles. The van der Waals surface area contributed by atoms with E-state index in [2.05, 4.69) is 29.0 Å². The molecule has 3 aliphatic rings. The van der Waals surface area contributed by atoms with E-state index in [0.717, 1.165) is 63.1 Å². The molecule has 0 aliphatic carbocycles. The molecule has 7 nitrogen and oxygen atoms in total. The third-order valence-electron chi connectivity index (χ3n) is 8.84. The molecular weight excluding hydrogens is 450 g/mol. The number of benzene rings is 1. The van der Waals surface area contributed by atoms with Gasteiger partial charge in [-0.1, -0.05) is 51.7 Å². The summed E-state index contributed by atoms with van der Waals surface area (Å²) >= 11 is 0. The summed E-state index contributed by atoms with van der Waals surface area (Å²) < 4.78 is 1.92. The Morgan fingerprint density at radius 3 is 2.31 bits per heavy atom. The van der Waals surface area contributed by atoms with Crippen LogP contribution in [0.15, 0.2) is 29.1 Å². The number of carbonyl (C=O) groups is 1. The number of nitrogens with one attached hydrogen (secondary N) is 1. The number of piperidine rings is 1. The Morgan fingerprint density at radius 2 is 1.67 bits per heavy atom. The number of aromatic nitrogens is 2. The third-order valence-corrected chi connectivity index (χ3v) is 8.84. The third kappa shape index (κ3) is 5.10. The maximum atomic E-state index is 13.9. The predicted molar refractivity (Wildman–Crippen MR) is 144 cm³/mol. The summed E-state index contributed by atoms with van der Waals surface area (Å²) in [7, 11) is 0. The summed E-state index contributed by atoms with van der Waals surface area (Å²) in [5, 5.41) is 3.42. The molecule has 2 atom stereocenters. The number of hydrogen-bond donors (Lipinski definition) is 1. The fraction of sp³-hybridized carbons (Fsp3) is 0.690. The Hall–Kier alpha value is -2.25. The maximum absolute atomic E-state index is 13.9. The molecule has 0 radical (unpaired) electrons. The van der Waals surface area contributed by atoms with Crippen LogP contribution in [0.5, 0.6) is 0 Å². The number of fused-ring (bicyclic) bond motifs is 2. The monoisotopic (exact) mass is 493 g/mol. The number of carbonyl (C=O) groups excluding carboxylic acids is 1. The normalized spacial score (nSPS) is 23.1.